The number of hydrazine groups is 2. The molecule has 0 saturated heterocycles. The van der Waals surface area contributed by atoms with Crippen LogP contribution in [0.2, 0.25) is 0 Å². The highest BCUT2D eigenvalue weighted by molar-refractivity contribution is 6.62. The van der Waals surface area contributed by atoms with Gasteiger partial charge in [0.05, 0.1) is 0 Å². The zero-order valence-electron chi connectivity index (χ0n) is 10.2. The van der Waals surface area contributed by atoms with E-state index in [0.717, 1.165) is 0 Å². The molecule has 0 unspecified atom stereocenters. The lowest BCUT2D eigenvalue weighted by Crippen LogP contribution is -2.34. The standard InChI is InChI=1S/C4H10N2O.C2H3ClO.C2H8N2.CH4/c1-4(7)5-6(2)3;1-2(3)4;1-4(2)3;/h1-3H3,(H,5,7);1H3;3H2,1-2H3;1H4. The highest BCUT2D eigenvalue weighted by Crippen LogP contribution is 1.67. The fourth-order valence-corrected chi connectivity index (χ4v) is 0.315. The van der Waals surface area contributed by atoms with Gasteiger partial charge in [-0.1, -0.05) is 7.43 Å². The summed E-state index contributed by atoms with van der Waals surface area (Å²) in [5, 5.41) is 2.74. The first-order chi connectivity index (χ1) is 6.59. The van der Waals surface area contributed by atoms with E-state index in [4.69, 9.17) is 5.84 Å². The Balaban J connectivity index is -0.0000000700. The molecule has 0 bridgehead atoms. The lowest BCUT2D eigenvalue weighted by Gasteiger charge is -2.07. The van der Waals surface area contributed by atoms with Crippen molar-refractivity contribution in [1.29, 1.82) is 0 Å². The van der Waals surface area contributed by atoms with Gasteiger partial charge in [-0.25, -0.2) is 5.01 Å². The van der Waals surface area contributed by atoms with Gasteiger partial charge in [-0.15, -0.1) is 0 Å². The first-order valence-corrected chi connectivity index (χ1v) is 4.50. The van der Waals surface area contributed by atoms with Gasteiger partial charge in [0.2, 0.25) is 11.1 Å². The summed E-state index contributed by atoms with van der Waals surface area (Å²) in [6.07, 6.45) is 0. The number of halogens is 1. The van der Waals surface area contributed by atoms with E-state index in [1.165, 1.54) is 18.9 Å². The molecule has 0 saturated carbocycles. The first-order valence-electron chi connectivity index (χ1n) is 4.12. The molecular weight excluding hydrogens is 232 g/mol. The number of nitrogens with two attached hydrogens (primary N) is 1. The second kappa shape index (κ2) is 16.7. The molecule has 0 aliphatic carbocycles. The van der Waals surface area contributed by atoms with Crippen LogP contribution in [0.3, 0.4) is 0 Å². The largest absolute Gasteiger partial charge is 0.290 e. The van der Waals surface area contributed by atoms with E-state index in [0.29, 0.717) is 0 Å². The maximum atomic E-state index is 10.1. The normalized spacial score (nSPS) is 7.88. The average molecular weight is 257 g/mol. The smallest absolute Gasteiger partial charge is 0.231 e. The Kier molecular flexibility index (Phi) is 25.6. The molecule has 0 spiro atoms. The summed E-state index contributed by atoms with van der Waals surface area (Å²) >= 11 is 4.64. The van der Waals surface area contributed by atoms with Crippen LogP contribution in [0.15, 0.2) is 0 Å². The average Bonchev–Trinajstić information content (AvgIpc) is 1.78. The molecule has 0 aliphatic heterocycles. The fourth-order valence-electron chi connectivity index (χ4n) is 0.315. The monoisotopic (exact) mass is 256 g/mol. The second-order valence-corrected chi connectivity index (χ2v) is 3.53. The van der Waals surface area contributed by atoms with E-state index in [2.05, 4.69) is 17.0 Å². The minimum absolute atomic E-state index is 0. The molecule has 0 aromatic carbocycles. The van der Waals surface area contributed by atoms with Crippen LogP contribution < -0.4 is 11.3 Å². The number of carbonyl (C=O) groups is 2. The summed E-state index contributed by atoms with van der Waals surface area (Å²) in [7, 11) is 7.09. The number of nitrogens with one attached hydrogen (secondary N) is 1. The van der Waals surface area contributed by atoms with Crippen molar-refractivity contribution in [2.24, 2.45) is 5.84 Å². The molecule has 0 aliphatic rings. The van der Waals surface area contributed by atoms with Crippen LogP contribution in [0.1, 0.15) is 21.3 Å². The molecule has 3 N–H and O–H groups in total. The van der Waals surface area contributed by atoms with Gasteiger partial charge in [0, 0.05) is 42.0 Å². The van der Waals surface area contributed by atoms with E-state index in [-0.39, 0.29) is 18.6 Å². The Hall–Kier alpha value is -0.690. The molecule has 0 fully saturated rings. The highest BCUT2D eigenvalue weighted by atomic mass is 35.5. The SMILES string of the molecule is C.CC(=O)Cl.CC(=O)NN(C)C.CN(C)N. The molecule has 100 valence electrons. The third-order valence-corrected chi connectivity index (χ3v) is 0.381. The van der Waals surface area contributed by atoms with Crippen molar-refractivity contribution in [1.82, 2.24) is 15.4 Å². The molecule has 0 rings (SSSR count). The van der Waals surface area contributed by atoms with E-state index in [9.17, 15) is 9.59 Å². The molecular formula is C9H25ClN4O2. The van der Waals surface area contributed by atoms with Crippen molar-refractivity contribution in [3.8, 4) is 0 Å². The number of hydrogen-bond donors (Lipinski definition) is 2. The molecule has 0 heterocycles. The van der Waals surface area contributed by atoms with Crippen molar-refractivity contribution in [2.45, 2.75) is 21.3 Å². The summed E-state index contributed by atoms with van der Waals surface area (Å²) in [6, 6.07) is 0. The maximum Gasteiger partial charge on any atom is 0.231 e. The predicted molar refractivity (Wildman–Crippen MR) is 68.6 cm³/mol. The maximum absolute atomic E-state index is 10.1. The van der Waals surface area contributed by atoms with Crippen molar-refractivity contribution in [3.63, 3.8) is 0 Å². The van der Waals surface area contributed by atoms with Gasteiger partial charge in [0.1, 0.15) is 0 Å². The van der Waals surface area contributed by atoms with Gasteiger partial charge in [-0.3, -0.25) is 25.9 Å². The fraction of sp³-hybridized carbons (Fsp3) is 0.778. The Morgan fingerprint density at radius 3 is 1.31 bits per heavy atom. The van der Waals surface area contributed by atoms with Gasteiger partial charge < -0.3 is 0 Å². The predicted octanol–water partition coefficient (Wildman–Crippen LogP) is 0.429. The molecule has 0 radical (unpaired) electrons. The Morgan fingerprint density at radius 2 is 1.31 bits per heavy atom. The first kappa shape index (κ1) is 24.5. The van der Waals surface area contributed by atoms with Crippen LogP contribution >= 0.6 is 11.6 Å². The summed E-state index contributed by atoms with van der Waals surface area (Å²) in [6.45, 7) is 2.77. The summed E-state index contributed by atoms with van der Waals surface area (Å²) < 4.78 is 0. The van der Waals surface area contributed by atoms with Crippen LogP contribution in [0.25, 0.3) is 0 Å². The van der Waals surface area contributed by atoms with Crippen molar-refractivity contribution in [2.75, 3.05) is 28.2 Å². The van der Waals surface area contributed by atoms with Gasteiger partial charge in [-0.2, -0.15) is 0 Å². The number of carbonyl (C=O) groups excluding carboxylic acids is 2. The third kappa shape index (κ3) is 184. The zero-order chi connectivity index (χ0) is 13.0. The van der Waals surface area contributed by atoms with Crippen molar-refractivity contribution >= 4 is 22.8 Å². The molecule has 7 heteroatoms. The van der Waals surface area contributed by atoms with Crippen LogP contribution in [0, 0.1) is 0 Å². The Labute approximate surface area is 104 Å². The molecule has 6 nitrogen and oxygen atoms in total. The lowest BCUT2D eigenvalue weighted by molar-refractivity contribution is -0.122. The molecule has 16 heavy (non-hydrogen) atoms. The third-order valence-electron chi connectivity index (χ3n) is 0.381. The highest BCUT2D eigenvalue weighted by Gasteiger charge is 1.87. The van der Waals surface area contributed by atoms with E-state index < -0.39 is 0 Å². The van der Waals surface area contributed by atoms with Gasteiger partial charge in [0.15, 0.2) is 0 Å². The van der Waals surface area contributed by atoms with Crippen LogP contribution in [0.4, 0.5) is 0 Å². The summed E-state index contributed by atoms with van der Waals surface area (Å²) in [5.41, 5.74) is 2.50. The second-order valence-electron chi connectivity index (χ2n) is 3.00. The summed E-state index contributed by atoms with van der Waals surface area (Å²) in [4.78, 5) is 19.3. The van der Waals surface area contributed by atoms with Crippen molar-refractivity contribution < 1.29 is 9.59 Å². The number of rotatable bonds is 1. The number of nitrogens with zero attached hydrogens (tertiary/aromatic N) is 2. The van der Waals surface area contributed by atoms with Gasteiger partial charge >= 0.3 is 0 Å². The van der Waals surface area contributed by atoms with Gasteiger partial charge in [0.25, 0.3) is 0 Å². The quantitative estimate of drug-likeness (QED) is 0.404. The topological polar surface area (TPSA) is 78.7 Å². The molecule has 1 amide bonds. The van der Waals surface area contributed by atoms with E-state index in [1.54, 1.807) is 33.2 Å². The molecule has 0 aromatic rings. The number of amides is 1. The van der Waals surface area contributed by atoms with Crippen molar-refractivity contribution in [3.05, 3.63) is 0 Å². The number of hydrogen-bond acceptors (Lipinski definition) is 5. The van der Waals surface area contributed by atoms with Crippen LogP contribution in [-0.2, 0) is 9.59 Å². The van der Waals surface area contributed by atoms with E-state index in [1.807, 2.05) is 0 Å². The van der Waals surface area contributed by atoms with Crippen LogP contribution in [-0.4, -0.2) is 49.4 Å². The van der Waals surface area contributed by atoms with E-state index >= 15 is 0 Å². The minimum atomic E-state index is -0.361. The lowest BCUT2D eigenvalue weighted by atomic mass is 10.7. The Morgan fingerprint density at radius 1 is 1.12 bits per heavy atom. The molecule has 0 atom stereocenters. The minimum Gasteiger partial charge on any atom is -0.290 e. The zero-order valence-corrected chi connectivity index (χ0v) is 10.9. The van der Waals surface area contributed by atoms with Gasteiger partial charge in [-0.05, 0) is 11.6 Å². The Bertz CT molecular complexity index is 168. The van der Waals surface area contributed by atoms with Crippen LogP contribution in [0.5, 0.6) is 0 Å². The summed E-state index contributed by atoms with van der Waals surface area (Å²) in [5.74, 6) is 4.91. The molecule has 0 aromatic heterocycles.